The maximum atomic E-state index is 11.9. The van der Waals surface area contributed by atoms with E-state index in [4.69, 9.17) is 0 Å². The monoisotopic (exact) mass is 734 g/mol. The summed E-state index contributed by atoms with van der Waals surface area (Å²) >= 11 is 0. The number of fused-ring (bicyclic) bond motifs is 2. The fourth-order valence-corrected chi connectivity index (χ4v) is 8.44. The molecule has 0 spiro atoms. The topological polar surface area (TPSA) is 114 Å². The van der Waals surface area contributed by atoms with Gasteiger partial charge in [-0.05, 0) is 95.2 Å². The predicted molar refractivity (Wildman–Crippen MR) is 202 cm³/mol. The standard InChI is InChI=1S/2C20H28O3S.Ca/c2*1-3-5-7-10-16-12-9-13-19-18(16)15-14-17(11-8-6-4-2)20(19)24(21,22)23;/h2*9,12-15H,3-8,10-11H2,1-2H3,(H,21,22,23);/q;;+2/p-2. The number of unbranched alkanes of at least 4 members (excludes halogenated alkanes) is 8. The first-order valence-electron chi connectivity index (χ1n) is 18.0. The van der Waals surface area contributed by atoms with Crippen molar-refractivity contribution in [3.8, 4) is 0 Å². The van der Waals surface area contributed by atoms with Crippen molar-refractivity contribution in [2.75, 3.05) is 0 Å². The van der Waals surface area contributed by atoms with Crippen LogP contribution in [0.5, 0.6) is 0 Å². The molecular formula is C40H54CaO6S2. The maximum absolute atomic E-state index is 11.9. The van der Waals surface area contributed by atoms with E-state index in [2.05, 4.69) is 27.7 Å². The van der Waals surface area contributed by atoms with Crippen LogP contribution in [0.25, 0.3) is 21.5 Å². The van der Waals surface area contributed by atoms with Crippen LogP contribution in [0.3, 0.4) is 0 Å². The van der Waals surface area contributed by atoms with Crippen molar-refractivity contribution in [1.82, 2.24) is 0 Å². The minimum atomic E-state index is -4.49. The number of aryl methyl sites for hydroxylation is 4. The second-order valence-electron chi connectivity index (χ2n) is 12.9. The molecule has 0 aromatic heterocycles. The average Bonchev–Trinajstić information content (AvgIpc) is 3.04. The third-order valence-electron chi connectivity index (χ3n) is 9.07. The van der Waals surface area contributed by atoms with Crippen LogP contribution < -0.4 is 0 Å². The quantitative estimate of drug-likeness (QED) is 0.0571. The third kappa shape index (κ3) is 12.9. The molecule has 9 heteroatoms. The molecule has 0 aliphatic carbocycles. The number of hydrogen-bond acceptors (Lipinski definition) is 6. The van der Waals surface area contributed by atoms with Crippen molar-refractivity contribution in [3.05, 3.63) is 82.9 Å². The Morgan fingerprint density at radius 2 is 0.714 bits per heavy atom. The molecule has 4 aromatic carbocycles. The van der Waals surface area contributed by atoms with Crippen molar-refractivity contribution in [2.45, 2.75) is 140 Å². The molecule has 0 radical (unpaired) electrons. The van der Waals surface area contributed by atoms with E-state index in [0.717, 1.165) is 112 Å². The van der Waals surface area contributed by atoms with Gasteiger partial charge in [0.15, 0.2) is 0 Å². The Balaban J connectivity index is 0.000000333. The number of hydrogen-bond donors (Lipinski definition) is 0. The molecule has 49 heavy (non-hydrogen) atoms. The Kier molecular flexibility index (Phi) is 19.4. The third-order valence-corrected chi connectivity index (χ3v) is 11.0. The van der Waals surface area contributed by atoms with Gasteiger partial charge in [-0.2, -0.15) is 0 Å². The zero-order chi connectivity index (χ0) is 35.2. The molecule has 0 aliphatic heterocycles. The van der Waals surface area contributed by atoms with Gasteiger partial charge in [0.2, 0.25) is 0 Å². The second kappa shape index (κ2) is 21.8. The Hall–Kier alpha value is -1.52. The summed E-state index contributed by atoms with van der Waals surface area (Å²) in [5, 5.41) is 2.99. The van der Waals surface area contributed by atoms with Crippen molar-refractivity contribution < 1.29 is 25.9 Å². The van der Waals surface area contributed by atoms with Gasteiger partial charge in [0.05, 0.1) is 9.79 Å². The van der Waals surface area contributed by atoms with Gasteiger partial charge >= 0.3 is 37.7 Å². The molecule has 264 valence electrons. The zero-order valence-corrected chi connectivity index (χ0v) is 33.9. The summed E-state index contributed by atoms with van der Waals surface area (Å²) in [4.78, 5) is -0.0121. The summed E-state index contributed by atoms with van der Waals surface area (Å²) in [5.74, 6) is 0. The van der Waals surface area contributed by atoms with E-state index in [1.807, 2.05) is 48.5 Å². The fourth-order valence-electron chi connectivity index (χ4n) is 6.56. The maximum Gasteiger partial charge on any atom is 2.00 e. The number of benzene rings is 4. The number of rotatable bonds is 18. The Morgan fingerprint density at radius 3 is 1.00 bits per heavy atom. The average molecular weight is 735 g/mol. The van der Waals surface area contributed by atoms with Gasteiger partial charge in [-0.25, -0.2) is 16.8 Å². The van der Waals surface area contributed by atoms with Crippen LogP contribution >= 0.6 is 0 Å². The molecule has 0 heterocycles. The van der Waals surface area contributed by atoms with Crippen molar-refractivity contribution in [2.24, 2.45) is 0 Å². The molecule has 4 rings (SSSR count). The minimum Gasteiger partial charge on any atom is -0.744 e. The molecule has 4 aromatic rings. The predicted octanol–water partition coefficient (Wildman–Crippen LogP) is 10.0. The summed E-state index contributed by atoms with van der Waals surface area (Å²) in [6, 6.07) is 19.0. The molecule has 0 aliphatic rings. The summed E-state index contributed by atoms with van der Waals surface area (Å²) in [6.45, 7) is 8.53. The summed E-state index contributed by atoms with van der Waals surface area (Å²) in [6.07, 6.45) is 15.9. The normalized spacial score (nSPS) is 11.7. The van der Waals surface area contributed by atoms with Gasteiger partial charge in [0.1, 0.15) is 20.2 Å². The van der Waals surface area contributed by atoms with Gasteiger partial charge in [-0.1, -0.05) is 140 Å². The van der Waals surface area contributed by atoms with Crippen LogP contribution in [-0.2, 0) is 45.9 Å². The van der Waals surface area contributed by atoms with Crippen LogP contribution in [0.4, 0.5) is 0 Å². The van der Waals surface area contributed by atoms with E-state index < -0.39 is 20.2 Å². The fraction of sp³-hybridized carbons (Fsp3) is 0.500. The summed E-state index contributed by atoms with van der Waals surface area (Å²) < 4.78 is 71.5. The molecule has 0 bridgehead atoms. The van der Waals surface area contributed by atoms with E-state index in [-0.39, 0.29) is 47.5 Å². The minimum absolute atomic E-state index is 0. The van der Waals surface area contributed by atoms with E-state index in [9.17, 15) is 25.9 Å². The van der Waals surface area contributed by atoms with Gasteiger partial charge in [0.25, 0.3) is 0 Å². The molecule has 0 fully saturated rings. The van der Waals surface area contributed by atoms with Gasteiger partial charge in [-0.3, -0.25) is 0 Å². The summed E-state index contributed by atoms with van der Waals surface area (Å²) in [7, 11) is -8.98. The first-order valence-corrected chi connectivity index (χ1v) is 20.8. The van der Waals surface area contributed by atoms with E-state index in [1.165, 1.54) is 0 Å². The Morgan fingerprint density at radius 1 is 0.408 bits per heavy atom. The molecule has 0 amide bonds. The van der Waals surface area contributed by atoms with E-state index >= 15 is 0 Å². The Bertz CT molecular complexity index is 1700. The molecule has 0 unspecified atom stereocenters. The van der Waals surface area contributed by atoms with Gasteiger partial charge in [-0.15, -0.1) is 0 Å². The van der Waals surface area contributed by atoms with Crippen molar-refractivity contribution in [1.29, 1.82) is 0 Å². The molecule has 6 nitrogen and oxygen atoms in total. The van der Waals surface area contributed by atoms with Gasteiger partial charge < -0.3 is 9.11 Å². The molecular weight excluding hydrogens is 681 g/mol. The van der Waals surface area contributed by atoms with Crippen LogP contribution in [0, 0.1) is 0 Å². The first kappa shape index (κ1) is 43.6. The molecule has 0 atom stereocenters. The summed E-state index contributed by atoms with van der Waals surface area (Å²) in [5.41, 5.74) is 3.59. The van der Waals surface area contributed by atoms with Crippen LogP contribution in [0.1, 0.15) is 127 Å². The Labute approximate surface area is 326 Å². The second-order valence-corrected chi connectivity index (χ2v) is 15.5. The van der Waals surface area contributed by atoms with E-state index in [0.29, 0.717) is 34.7 Å². The molecule has 0 saturated heterocycles. The zero-order valence-electron chi connectivity index (χ0n) is 30.1. The van der Waals surface area contributed by atoms with Gasteiger partial charge in [0, 0.05) is 0 Å². The van der Waals surface area contributed by atoms with Crippen molar-refractivity contribution >= 4 is 79.5 Å². The van der Waals surface area contributed by atoms with Crippen LogP contribution in [-0.4, -0.2) is 63.7 Å². The SMILES string of the molecule is CCCCCc1ccc2c(CCCCC)cccc2c1S(=O)(=O)[O-].CCCCCc1ccc2c(CCCCC)cccc2c1S(=O)(=O)[O-].[Ca+2]. The van der Waals surface area contributed by atoms with Crippen LogP contribution in [0.15, 0.2) is 70.5 Å². The largest absolute Gasteiger partial charge is 2.00 e. The van der Waals surface area contributed by atoms with E-state index in [1.54, 1.807) is 12.1 Å². The molecule has 0 saturated carbocycles. The smallest absolute Gasteiger partial charge is 0.744 e. The molecule has 0 N–H and O–H groups in total. The van der Waals surface area contributed by atoms with Crippen LogP contribution in [0.2, 0.25) is 0 Å². The van der Waals surface area contributed by atoms with Crippen molar-refractivity contribution in [3.63, 3.8) is 0 Å². The first-order chi connectivity index (χ1) is 23.0.